The van der Waals surface area contributed by atoms with Gasteiger partial charge in [-0.05, 0) is 43.9 Å². The van der Waals surface area contributed by atoms with Crippen LogP contribution in [0.5, 0.6) is 0 Å². The first-order chi connectivity index (χ1) is 10.6. The Bertz CT molecular complexity index is 671. The number of aryl methyl sites for hydroxylation is 1. The Morgan fingerprint density at radius 3 is 2.91 bits per heavy atom. The molecular formula is C17H22ClN3O2. The van der Waals surface area contributed by atoms with Crippen LogP contribution in [0.3, 0.4) is 0 Å². The topological polar surface area (TPSA) is 81.2 Å². The number of aromatic nitrogens is 1. The lowest BCUT2D eigenvalue weighted by Gasteiger charge is -2.14. The molecule has 3 rings (SSSR count). The molecule has 2 atom stereocenters. The van der Waals surface area contributed by atoms with Crippen LogP contribution in [0, 0.1) is 12.8 Å². The maximum Gasteiger partial charge on any atom is 0.226 e. The van der Waals surface area contributed by atoms with E-state index in [4.69, 9.17) is 10.2 Å². The van der Waals surface area contributed by atoms with Crippen LogP contribution >= 0.6 is 12.4 Å². The number of carbonyl (C=O) groups excluding carboxylic acids is 1. The highest BCUT2D eigenvalue weighted by Crippen LogP contribution is 2.27. The summed E-state index contributed by atoms with van der Waals surface area (Å²) in [4.78, 5) is 16.5. The lowest BCUT2D eigenvalue weighted by molar-refractivity contribution is -0.117. The van der Waals surface area contributed by atoms with Gasteiger partial charge >= 0.3 is 0 Å². The smallest absolute Gasteiger partial charge is 0.226 e. The first-order valence-electron chi connectivity index (χ1n) is 7.70. The molecule has 1 aliphatic rings. The molecule has 0 unspecified atom stereocenters. The van der Waals surface area contributed by atoms with Crippen molar-refractivity contribution in [2.45, 2.75) is 38.6 Å². The summed E-state index contributed by atoms with van der Waals surface area (Å²) >= 11 is 0. The Hall–Kier alpha value is -1.85. The lowest BCUT2D eigenvalue weighted by Crippen LogP contribution is -2.28. The molecule has 0 saturated heterocycles. The predicted molar refractivity (Wildman–Crippen MR) is 92.5 cm³/mol. The summed E-state index contributed by atoms with van der Waals surface area (Å²) in [6.07, 6.45) is 5.30. The minimum Gasteiger partial charge on any atom is -0.444 e. The highest BCUT2D eigenvalue weighted by Gasteiger charge is 2.26. The van der Waals surface area contributed by atoms with Crippen molar-refractivity contribution in [3.63, 3.8) is 0 Å². The molecular weight excluding hydrogens is 314 g/mol. The van der Waals surface area contributed by atoms with E-state index in [-0.39, 0.29) is 24.4 Å². The van der Waals surface area contributed by atoms with E-state index in [1.807, 2.05) is 31.2 Å². The number of benzene rings is 1. The van der Waals surface area contributed by atoms with Gasteiger partial charge in [0.15, 0.2) is 0 Å². The van der Waals surface area contributed by atoms with E-state index in [0.29, 0.717) is 18.2 Å². The van der Waals surface area contributed by atoms with Crippen LogP contribution in [0.1, 0.15) is 31.4 Å². The van der Waals surface area contributed by atoms with Gasteiger partial charge in [0.2, 0.25) is 11.8 Å². The number of hydrogen-bond acceptors (Lipinski definition) is 4. The number of halogens is 1. The van der Waals surface area contributed by atoms with E-state index in [9.17, 15) is 4.79 Å². The predicted octanol–water partition coefficient (Wildman–Crippen LogP) is 3.53. The van der Waals surface area contributed by atoms with Crippen LogP contribution in [0.4, 0.5) is 5.69 Å². The minimum atomic E-state index is 0. The number of oxazole rings is 1. The van der Waals surface area contributed by atoms with E-state index in [1.165, 1.54) is 0 Å². The SMILES string of the molecule is Cc1coc(-c2cccc(NC(=O)C[C@@H]3CCC[C@H]3N)c2)n1.Cl. The summed E-state index contributed by atoms with van der Waals surface area (Å²) in [6.45, 7) is 1.88. The van der Waals surface area contributed by atoms with E-state index >= 15 is 0 Å². The number of nitrogens with zero attached hydrogens (tertiary/aromatic N) is 1. The minimum absolute atomic E-state index is 0. The second-order valence-corrected chi connectivity index (χ2v) is 5.98. The Balaban J connectivity index is 0.00000192. The van der Waals surface area contributed by atoms with Gasteiger partial charge in [0.1, 0.15) is 6.26 Å². The molecule has 1 aromatic heterocycles. The molecule has 23 heavy (non-hydrogen) atoms. The summed E-state index contributed by atoms with van der Waals surface area (Å²) in [5, 5.41) is 2.94. The molecule has 0 bridgehead atoms. The molecule has 3 N–H and O–H groups in total. The molecule has 6 heteroatoms. The molecule has 1 fully saturated rings. The molecule has 1 aliphatic carbocycles. The average molecular weight is 336 g/mol. The molecule has 124 valence electrons. The maximum absolute atomic E-state index is 12.2. The number of carbonyl (C=O) groups is 1. The van der Waals surface area contributed by atoms with Crippen LogP contribution in [-0.2, 0) is 4.79 Å². The molecule has 0 spiro atoms. The average Bonchev–Trinajstić information content (AvgIpc) is 3.09. The number of anilines is 1. The summed E-state index contributed by atoms with van der Waals surface area (Å²) in [7, 11) is 0. The number of nitrogens with one attached hydrogen (secondary N) is 1. The normalized spacial score (nSPS) is 20.1. The molecule has 5 nitrogen and oxygen atoms in total. The van der Waals surface area contributed by atoms with Crippen LogP contribution in [0.2, 0.25) is 0 Å². The van der Waals surface area contributed by atoms with Crippen molar-refractivity contribution in [3.05, 3.63) is 36.2 Å². The second kappa shape index (κ2) is 7.62. The third kappa shape index (κ3) is 4.33. The van der Waals surface area contributed by atoms with Gasteiger partial charge in [-0.2, -0.15) is 0 Å². The third-order valence-electron chi connectivity index (χ3n) is 4.18. The van der Waals surface area contributed by atoms with Crippen LogP contribution in [0.15, 0.2) is 34.9 Å². The Labute approximate surface area is 142 Å². The second-order valence-electron chi connectivity index (χ2n) is 5.98. The van der Waals surface area contributed by atoms with Crippen molar-refractivity contribution in [2.75, 3.05) is 5.32 Å². The van der Waals surface area contributed by atoms with Gasteiger partial charge in [0.25, 0.3) is 0 Å². The molecule has 1 amide bonds. The van der Waals surface area contributed by atoms with Gasteiger partial charge in [-0.3, -0.25) is 4.79 Å². The first kappa shape index (κ1) is 17.5. The van der Waals surface area contributed by atoms with Gasteiger partial charge in [-0.25, -0.2) is 4.98 Å². The summed E-state index contributed by atoms with van der Waals surface area (Å²) < 4.78 is 5.39. The number of rotatable bonds is 4. The number of amides is 1. The summed E-state index contributed by atoms with van der Waals surface area (Å²) in [6, 6.07) is 7.69. The molecule has 0 aliphatic heterocycles. The van der Waals surface area contributed by atoms with E-state index in [0.717, 1.165) is 36.2 Å². The van der Waals surface area contributed by atoms with Gasteiger partial charge in [0.05, 0.1) is 5.69 Å². The van der Waals surface area contributed by atoms with Crippen molar-refractivity contribution in [1.29, 1.82) is 0 Å². The Morgan fingerprint density at radius 2 is 2.26 bits per heavy atom. The number of nitrogens with two attached hydrogens (primary N) is 1. The highest BCUT2D eigenvalue weighted by molar-refractivity contribution is 5.91. The van der Waals surface area contributed by atoms with Crippen LogP contribution in [-0.4, -0.2) is 16.9 Å². The fraction of sp³-hybridized carbons (Fsp3) is 0.412. The van der Waals surface area contributed by atoms with Crippen LogP contribution in [0.25, 0.3) is 11.5 Å². The lowest BCUT2D eigenvalue weighted by atomic mass is 10.00. The van der Waals surface area contributed by atoms with Gasteiger partial charge in [-0.15, -0.1) is 12.4 Å². The quantitative estimate of drug-likeness (QED) is 0.895. The van der Waals surface area contributed by atoms with Crippen molar-refractivity contribution in [3.8, 4) is 11.5 Å². The Kier molecular flexibility index (Phi) is 5.80. The zero-order valence-corrected chi connectivity index (χ0v) is 13.9. The van der Waals surface area contributed by atoms with E-state index < -0.39 is 0 Å². The van der Waals surface area contributed by atoms with Gasteiger partial charge in [-0.1, -0.05) is 12.5 Å². The van der Waals surface area contributed by atoms with Gasteiger partial charge < -0.3 is 15.5 Å². The van der Waals surface area contributed by atoms with Crippen LogP contribution < -0.4 is 11.1 Å². The highest BCUT2D eigenvalue weighted by atomic mass is 35.5. The molecule has 2 aromatic rings. The van der Waals surface area contributed by atoms with Crippen molar-refractivity contribution < 1.29 is 9.21 Å². The fourth-order valence-electron chi connectivity index (χ4n) is 2.99. The summed E-state index contributed by atoms with van der Waals surface area (Å²) in [5.41, 5.74) is 8.46. The zero-order valence-electron chi connectivity index (χ0n) is 13.1. The summed E-state index contributed by atoms with van der Waals surface area (Å²) in [5.74, 6) is 0.882. The molecule has 1 aromatic carbocycles. The standard InChI is InChI=1S/C17H21N3O2.ClH/c1-11-10-22-17(19-11)13-5-2-6-14(8-13)20-16(21)9-12-4-3-7-15(12)18;/h2,5-6,8,10,12,15H,3-4,7,9,18H2,1H3,(H,20,21);1H/t12-,15+;/m0./s1. The third-order valence-corrected chi connectivity index (χ3v) is 4.18. The largest absolute Gasteiger partial charge is 0.444 e. The molecule has 0 radical (unpaired) electrons. The number of hydrogen-bond donors (Lipinski definition) is 2. The monoisotopic (exact) mass is 335 g/mol. The van der Waals surface area contributed by atoms with Crippen molar-refractivity contribution in [1.82, 2.24) is 4.98 Å². The van der Waals surface area contributed by atoms with Crippen molar-refractivity contribution in [2.24, 2.45) is 11.7 Å². The first-order valence-corrected chi connectivity index (χ1v) is 7.70. The van der Waals surface area contributed by atoms with E-state index in [2.05, 4.69) is 10.3 Å². The fourth-order valence-corrected chi connectivity index (χ4v) is 2.99. The zero-order chi connectivity index (χ0) is 15.5. The molecule has 1 saturated carbocycles. The Morgan fingerprint density at radius 1 is 1.43 bits per heavy atom. The van der Waals surface area contributed by atoms with Gasteiger partial charge in [0, 0.05) is 23.7 Å². The molecule has 1 heterocycles. The van der Waals surface area contributed by atoms with E-state index in [1.54, 1.807) is 6.26 Å². The maximum atomic E-state index is 12.2. The van der Waals surface area contributed by atoms with Crippen molar-refractivity contribution >= 4 is 24.0 Å².